The molecule has 1 aliphatic rings. The lowest BCUT2D eigenvalue weighted by Crippen LogP contribution is -2.36. The summed E-state index contributed by atoms with van der Waals surface area (Å²) in [5, 5.41) is 0. The second-order valence-electron chi connectivity index (χ2n) is 7.63. The Morgan fingerprint density at radius 1 is 1.18 bits per heavy atom. The summed E-state index contributed by atoms with van der Waals surface area (Å²) in [6.07, 6.45) is 11.8. The minimum Gasteiger partial charge on any atom is -0.362 e. The first-order valence-electron chi connectivity index (χ1n) is 9.77. The van der Waals surface area contributed by atoms with Gasteiger partial charge in [0.25, 0.3) is 0 Å². The summed E-state index contributed by atoms with van der Waals surface area (Å²) >= 11 is 0. The van der Waals surface area contributed by atoms with Gasteiger partial charge in [-0.2, -0.15) is 4.98 Å². The average molecular weight is 377 g/mol. The van der Waals surface area contributed by atoms with Gasteiger partial charge in [-0.05, 0) is 31.4 Å². The fourth-order valence-electron chi connectivity index (χ4n) is 3.90. The van der Waals surface area contributed by atoms with E-state index in [1.165, 1.54) is 5.56 Å². The first-order chi connectivity index (χ1) is 13.6. The molecule has 1 fully saturated rings. The Bertz CT molecular complexity index is 920. The molecule has 1 unspecified atom stereocenters. The molecule has 1 atom stereocenters. The molecule has 7 nitrogen and oxygen atoms in total. The molecule has 1 aliphatic heterocycles. The predicted molar refractivity (Wildman–Crippen MR) is 111 cm³/mol. The summed E-state index contributed by atoms with van der Waals surface area (Å²) < 4.78 is 2.24. The number of hydrogen-bond donors (Lipinski definition) is 0. The van der Waals surface area contributed by atoms with Crippen LogP contribution in [0.3, 0.4) is 0 Å². The van der Waals surface area contributed by atoms with Gasteiger partial charge in [0.1, 0.15) is 11.6 Å². The summed E-state index contributed by atoms with van der Waals surface area (Å²) in [5.41, 5.74) is 2.28. The number of aromatic nitrogens is 5. The second kappa shape index (κ2) is 7.96. The SMILES string of the molecule is Cc1cnc(N2CCCC(c3nccn3Cc3cccnc3)C2)nc1N(C)C. The molecule has 0 bridgehead atoms. The van der Waals surface area contributed by atoms with Crippen LogP contribution in [0.2, 0.25) is 0 Å². The molecule has 7 heteroatoms. The highest BCUT2D eigenvalue weighted by atomic mass is 15.3. The van der Waals surface area contributed by atoms with Crippen LogP contribution in [0.1, 0.15) is 35.7 Å². The number of rotatable bonds is 5. The van der Waals surface area contributed by atoms with E-state index in [0.29, 0.717) is 5.92 Å². The summed E-state index contributed by atoms with van der Waals surface area (Å²) in [7, 11) is 4.04. The van der Waals surface area contributed by atoms with E-state index in [2.05, 4.69) is 31.7 Å². The largest absolute Gasteiger partial charge is 0.362 e. The van der Waals surface area contributed by atoms with Crippen molar-refractivity contribution in [2.75, 3.05) is 37.0 Å². The quantitative estimate of drug-likeness (QED) is 0.681. The summed E-state index contributed by atoms with van der Waals surface area (Å²) in [6.45, 7) is 4.72. The molecule has 0 aliphatic carbocycles. The standard InChI is InChI=1S/C21H27N7/c1-16-12-24-21(25-19(16)26(2)3)28-10-5-7-18(15-28)20-23-9-11-27(20)14-17-6-4-8-22-13-17/h4,6,8-9,11-13,18H,5,7,10,14-15H2,1-3H3. The van der Waals surface area contributed by atoms with E-state index in [1.54, 1.807) is 6.20 Å². The van der Waals surface area contributed by atoms with E-state index in [4.69, 9.17) is 9.97 Å². The zero-order valence-electron chi connectivity index (χ0n) is 16.8. The van der Waals surface area contributed by atoms with E-state index >= 15 is 0 Å². The van der Waals surface area contributed by atoms with E-state index < -0.39 is 0 Å². The lowest BCUT2D eigenvalue weighted by atomic mass is 9.97. The van der Waals surface area contributed by atoms with Crippen molar-refractivity contribution in [1.29, 1.82) is 0 Å². The first kappa shape index (κ1) is 18.4. The molecule has 0 saturated carbocycles. The Morgan fingerprint density at radius 3 is 2.86 bits per heavy atom. The van der Waals surface area contributed by atoms with Gasteiger partial charge in [-0.25, -0.2) is 9.97 Å². The molecule has 4 heterocycles. The Labute approximate surface area is 166 Å². The third kappa shape index (κ3) is 3.83. The highest BCUT2D eigenvalue weighted by Gasteiger charge is 2.26. The fraction of sp³-hybridized carbons (Fsp3) is 0.429. The van der Waals surface area contributed by atoms with Crippen LogP contribution < -0.4 is 9.80 Å². The maximum absolute atomic E-state index is 4.81. The average Bonchev–Trinajstić information content (AvgIpc) is 3.17. The number of hydrogen-bond acceptors (Lipinski definition) is 6. The van der Waals surface area contributed by atoms with E-state index in [-0.39, 0.29) is 0 Å². The monoisotopic (exact) mass is 377 g/mol. The van der Waals surface area contributed by atoms with Crippen molar-refractivity contribution in [2.45, 2.75) is 32.2 Å². The van der Waals surface area contributed by atoms with Crippen molar-refractivity contribution in [3.8, 4) is 0 Å². The molecular formula is C21H27N7. The van der Waals surface area contributed by atoms with Gasteiger partial charge >= 0.3 is 0 Å². The van der Waals surface area contributed by atoms with E-state index in [1.807, 2.05) is 50.6 Å². The molecule has 146 valence electrons. The van der Waals surface area contributed by atoms with Gasteiger partial charge in [-0.3, -0.25) is 4.98 Å². The first-order valence-corrected chi connectivity index (χ1v) is 9.77. The van der Waals surface area contributed by atoms with Gasteiger partial charge in [-0.15, -0.1) is 0 Å². The molecule has 0 spiro atoms. The maximum atomic E-state index is 4.81. The smallest absolute Gasteiger partial charge is 0.227 e. The van der Waals surface area contributed by atoms with Crippen LogP contribution >= 0.6 is 0 Å². The van der Waals surface area contributed by atoms with Gasteiger partial charge in [-0.1, -0.05) is 6.07 Å². The summed E-state index contributed by atoms with van der Waals surface area (Å²) in [4.78, 5) is 22.7. The third-order valence-corrected chi connectivity index (χ3v) is 5.25. The topological polar surface area (TPSA) is 63.0 Å². The van der Waals surface area contributed by atoms with E-state index in [9.17, 15) is 0 Å². The molecule has 3 aromatic heterocycles. The lowest BCUT2D eigenvalue weighted by Gasteiger charge is -2.33. The molecule has 1 saturated heterocycles. The molecular weight excluding hydrogens is 350 g/mol. The highest BCUT2D eigenvalue weighted by Crippen LogP contribution is 2.29. The number of anilines is 2. The van der Waals surface area contributed by atoms with Crippen LogP contribution in [0.4, 0.5) is 11.8 Å². The van der Waals surface area contributed by atoms with Crippen LogP contribution in [0, 0.1) is 6.92 Å². The summed E-state index contributed by atoms with van der Waals surface area (Å²) in [6, 6.07) is 4.08. The van der Waals surface area contributed by atoms with Crippen LogP contribution in [0.25, 0.3) is 0 Å². The molecule has 0 N–H and O–H groups in total. The minimum atomic E-state index is 0.369. The normalized spacial score (nSPS) is 17.0. The molecule has 0 aromatic carbocycles. The Kier molecular flexibility index (Phi) is 5.23. The zero-order chi connectivity index (χ0) is 19.5. The zero-order valence-corrected chi connectivity index (χ0v) is 16.8. The van der Waals surface area contributed by atoms with Crippen molar-refractivity contribution in [3.05, 3.63) is 60.1 Å². The number of aryl methyl sites for hydroxylation is 1. The second-order valence-corrected chi connectivity index (χ2v) is 7.63. The van der Waals surface area contributed by atoms with Crippen molar-refractivity contribution in [1.82, 2.24) is 24.5 Å². The van der Waals surface area contributed by atoms with Gasteiger partial charge in [0.15, 0.2) is 0 Å². The third-order valence-electron chi connectivity index (χ3n) is 5.25. The van der Waals surface area contributed by atoms with Crippen molar-refractivity contribution in [3.63, 3.8) is 0 Å². The van der Waals surface area contributed by atoms with Gasteiger partial charge < -0.3 is 14.4 Å². The van der Waals surface area contributed by atoms with Crippen LogP contribution in [0.5, 0.6) is 0 Å². The number of pyridine rings is 1. The number of imidazole rings is 1. The molecule has 3 aromatic rings. The lowest BCUT2D eigenvalue weighted by molar-refractivity contribution is 0.471. The Balaban J connectivity index is 1.54. The summed E-state index contributed by atoms with van der Waals surface area (Å²) in [5.74, 6) is 3.29. The molecule has 0 amide bonds. The van der Waals surface area contributed by atoms with E-state index in [0.717, 1.165) is 55.6 Å². The number of nitrogens with zero attached hydrogens (tertiary/aromatic N) is 7. The highest BCUT2D eigenvalue weighted by molar-refractivity contribution is 5.48. The molecule has 4 rings (SSSR count). The van der Waals surface area contributed by atoms with Gasteiger partial charge in [0.2, 0.25) is 5.95 Å². The predicted octanol–water partition coefficient (Wildman–Crippen LogP) is 2.87. The van der Waals surface area contributed by atoms with Crippen LogP contribution in [-0.4, -0.2) is 51.7 Å². The number of piperidine rings is 1. The van der Waals surface area contributed by atoms with Crippen molar-refractivity contribution < 1.29 is 0 Å². The van der Waals surface area contributed by atoms with Crippen LogP contribution in [-0.2, 0) is 6.54 Å². The van der Waals surface area contributed by atoms with Gasteiger partial charge in [0, 0.05) is 69.7 Å². The molecule has 28 heavy (non-hydrogen) atoms. The Morgan fingerprint density at radius 2 is 2.07 bits per heavy atom. The van der Waals surface area contributed by atoms with Crippen LogP contribution in [0.15, 0.2) is 43.1 Å². The maximum Gasteiger partial charge on any atom is 0.227 e. The minimum absolute atomic E-state index is 0.369. The fourth-order valence-corrected chi connectivity index (χ4v) is 3.90. The van der Waals surface area contributed by atoms with Crippen molar-refractivity contribution in [2.24, 2.45) is 0 Å². The van der Waals surface area contributed by atoms with Gasteiger partial charge in [0.05, 0.1) is 6.54 Å². The van der Waals surface area contributed by atoms with Crippen molar-refractivity contribution >= 4 is 11.8 Å². The Hall–Kier alpha value is -2.96. The molecule has 0 radical (unpaired) electrons.